The van der Waals surface area contributed by atoms with Crippen LogP contribution in [0.4, 0.5) is 4.79 Å². The molecule has 1 aromatic heterocycles. The van der Waals surface area contributed by atoms with Crippen molar-refractivity contribution in [1.82, 2.24) is 9.88 Å². The number of rotatable bonds is 6. The van der Waals surface area contributed by atoms with Crippen molar-refractivity contribution in [3.8, 4) is 22.6 Å². The van der Waals surface area contributed by atoms with Crippen LogP contribution in [0.2, 0.25) is 0 Å². The minimum Gasteiger partial charge on any atom is -0.461 e. The first kappa shape index (κ1) is 23.4. The van der Waals surface area contributed by atoms with Crippen LogP contribution in [-0.4, -0.2) is 34.6 Å². The molecule has 1 fully saturated rings. The van der Waals surface area contributed by atoms with E-state index in [1.54, 1.807) is 0 Å². The highest BCUT2D eigenvalue weighted by Crippen LogP contribution is 2.39. The van der Waals surface area contributed by atoms with E-state index in [0.717, 1.165) is 16.7 Å². The molecular formula is C29H26N2O5. The molecule has 4 aromatic rings. The molecule has 3 aromatic carbocycles. The first-order valence-electron chi connectivity index (χ1n) is 11.8. The van der Waals surface area contributed by atoms with Gasteiger partial charge in [-0.1, -0.05) is 91.0 Å². The van der Waals surface area contributed by atoms with E-state index in [2.05, 4.69) is 0 Å². The Hall–Kier alpha value is -4.39. The van der Waals surface area contributed by atoms with E-state index in [1.807, 2.05) is 91.0 Å². The minimum absolute atomic E-state index is 0.136. The molecule has 0 saturated carbocycles. The Kier molecular flexibility index (Phi) is 6.80. The molecule has 0 unspecified atom stereocenters. The van der Waals surface area contributed by atoms with Crippen LogP contribution in [0, 0.1) is 0 Å². The van der Waals surface area contributed by atoms with Gasteiger partial charge in [-0.15, -0.1) is 0 Å². The third kappa shape index (κ3) is 5.15. The number of likely N-dealkylation sites (tertiary alicyclic amines) is 1. The number of hydrogen-bond acceptors (Lipinski definition) is 6. The molecule has 7 heteroatoms. The maximum atomic E-state index is 13.2. The average molecular weight is 483 g/mol. The predicted molar refractivity (Wildman–Crippen MR) is 134 cm³/mol. The molecule has 1 amide bonds. The molecule has 7 nitrogen and oxygen atoms in total. The van der Waals surface area contributed by atoms with Gasteiger partial charge in [0.25, 0.3) is 0 Å². The number of carbonyl (C=O) groups excluding carboxylic acids is 2. The molecule has 182 valence electrons. The van der Waals surface area contributed by atoms with Crippen LogP contribution in [0.1, 0.15) is 30.8 Å². The van der Waals surface area contributed by atoms with Crippen LogP contribution in [0.25, 0.3) is 22.6 Å². The van der Waals surface area contributed by atoms with Crippen molar-refractivity contribution in [3.63, 3.8) is 0 Å². The summed E-state index contributed by atoms with van der Waals surface area (Å²) in [5.74, 6) is 0.588. The summed E-state index contributed by atoms with van der Waals surface area (Å²) in [6, 6.07) is 28.4. The lowest BCUT2D eigenvalue weighted by Crippen LogP contribution is -2.33. The lowest BCUT2D eigenvalue weighted by molar-refractivity contribution is -0.145. The minimum atomic E-state index is -0.544. The summed E-state index contributed by atoms with van der Waals surface area (Å²) in [5, 5.41) is 0. The molecule has 36 heavy (non-hydrogen) atoms. The zero-order valence-corrected chi connectivity index (χ0v) is 19.9. The lowest BCUT2D eigenvalue weighted by Gasteiger charge is -2.21. The fraction of sp³-hybridized carbons (Fsp3) is 0.207. The van der Waals surface area contributed by atoms with Crippen LogP contribution in [0.3, 0.4) is 0 Å². The van der Waals surface area contributed by atoms with Crippen molar-refractivity contribution >= 4 is 12.1 Å². The quantitative estimate of drug-likeness (QED) is 0.312. The number of hydrogen-bond donors (Lipinski definition) is 0. The number of esters is 1. The van der Waals surface area contributed by atoms with Crippen molar-refractivity contribution < 1.29 is 23.5 Å². The number of aromatic nitrogens is 1. The number of nitrogens with zero attached hydrogens (tertiary/aromatic N) is 2. The SMILES string of the molecule is CC(=O)O[C@H]1C[C@H](c2nc(-c3ccccc3)c(-c3ccccc3)o2)N(C(=O)OCc2ccccc2)C1. The first-order chi connectivity index (χ1) is 17.6. The van der Waals surface area contributed by atoms with E-state index in [0.29, 0.717) is 23.8 Å². The van der Waals surface area contributed by atoms with Gasteiger partial charge in [-0.2, -0.15) is 0 Å². The van der Waals surface area contributed by atoms with E-state index >= 15 is 0 Å². The van der Waals surface area contributed by atoms with Crippen molar-refractivity contribution in [1.29, 1.82) is 0 Å². The molecule has 1 aliphatic heterocycles. The highest BCUT2D eigenvalue weighted by Gasteiger charge is 2.42. The second kappa shape index (κ2) is 10.5. The average Bonchev–Trinajstić information content (AvgIpc) is 3.53. The molecule has 0 bridgehead atoms. The largest absolute Gasteiger partial charge is 0.461 e. The summed E-state index contributed by atoms with van der Waals surface area (Å²) >= 11 is 0. The second-order valence-corrected chi connectivity index (χ2v) is 8.64. The fourth-order valence-corrected chi connectivity index (χ4v) is 4.41. The van der Waals surface area contributed by atoms with Crippen LogP contribution in [0.5, 0.6) is 0 Å². The number of oxazole rings is 1. The van der Waals surface area contributed by atoms with E-state index in [9.17, 15) is 9.59 Å². The van der Waals surface area contributed by atoms with Crippen LogP contribution >= 0.6 is 0 Å². The third-order valence-corrected chi connectivity index (χ3v) is 6.05. The summed E-state index contributed by atoms with van der Waals surface area (Å²) in [6.07, 6.45) is -0.633. The number of benzene rings is 3. The smallest absolute Gasteiger partial charge is 0.410 e. The third-order valence-electron chi connectivity index (χ3n) is 6.05. The maximum Gasteiger partial charge on any atom is 0.410 e. The number of carbonyl (C=O) groups is 2. The van der Waals surface area contributed by atoms with Gasteiger partial charge in [-0.3, -0.25) is 9.69 Å². The highest BCUT2D eigenvalue weighted by atomic mass is 16.6. The zero-order valence-electron chi connectivity index (χ0n) is 19.9. The molecular weight excluding hydrogens is 456 g/mol. The number of amides is 1. The monoisotopic (exact) mass is 482 g/mol. The van der Waals surface area contributed by atoms with Gasteiger partial charge in [-0.25, -0.2) is 9.78 Å². The zero-order chi connectivity index (χ0) is 24.9. The molecule has 1 saturated heterocycles. The Labute approximate surface area is 209 Å². The Morgan fingerprint density at radius 3 is 2.17 bits per heavy atom. The van der Waals surface area contributed by atoms with Gasteiger partial charge in [0.05, 0.1) is 6.54 Å². The molecule has 0 aliphatic carbocycles. The summed E-state index contributed by atoms with van der Waals surface area (Å²) in [7, 11) is 0. The van der Waals surface area contributed by atoms with Crippen molar-refractivity contribution in [2.24, 2.45) is 0 Å². The van der Waals surface area contributed by atoms with Gasteiger partial charge in [-0.05, 0) is 5.56 Å². The standard InChI is InChI=1S/C29H26N2O5/c1-20(32)35-24-17-25(31(18-24)29(33)34-19-21-11-5-2-6-12-21)28-30-26(22-13-7-3-8-14-22)27(36-28)23-15-9-4-10-16-23/h2-16,24-25H,17-19H2,1H3/t24-,25+/m0/s1. The Balaban J connectivity index is 1.48. The normalized spacial score (nSPS) is 17.1. The van der Waals surface area contributed by atoms with Gasteiger partial charge >= 0.3 is 12.1 Å². The summed E-state index contributed by atoms with van der Waals surface area (Å²) in [6.45, 7) is 1.69. The van der Waals surface area contributed by atoms with E-state index < -0.39 is 24.2 Å². The molecule has 1 aliphatic rings. The van der Waals surface area contributed by atoms with Crippen LogP contribution in [-0.2, 0) is 20.9 Å². The lowest BCUT2D eigenvalue weighted by atomic mass is 10.1. The fourth-order valence-electron chi connectivity index (χ4n) is 4.41. The van der Waals surface area contributed by atoms with E-state index in [1.165, 1.54) is 11.8 Å². The molecule has 2 atom stereocenters. The Morgan fingerprint density at radius 1 is 0.917 bits per heavy atom. The van der Waals surface area contributed by atoms with E-state index in [-0.39, 0.29) is 13.2 Å². The van der Waals surface area contributed by atoms with Crippen LogP contribution < -0.4 is 0 Å². The summed E-state index contributed by atoms with van der Waals surface area (Å²) in [4.78, 5) is 31.2. The predicted octanol–water partition coefficient (Wildman–Crippen LogP) is 6.02. The summed E-state index contributed by atoms with van der Waals surface area (Å²) < 4.78 is 17.4. The molecule has 2 heterocycles. The second-order valence-electron chi connectivity index (χ2n) is 8.64. The maximum absolute atomic E-state index is 13.2. The van der Waals surface area contributed by atoms with Gasteiger partial charge in [0.2, 0.25) is 5.89 Å². The Bertz CT molecular complexity index is 1260. The molecule has 0 spiro atoms. The van der Waals surface area contributed by atoms with Crippen molar-refractivity contribution in [2.45, 2.75) is 32.1 Å². The molecule has 0 N–H and O–H groups in total. The van der Waals surface area contributed by atoms with Crippen LogP contribution in [0.15, 0.2) is 95.4 Å². The Morgan fingerprint density at radius 2 is 1.53 bits per heavy atom. The topological polar surface area (TPSA) is 81.9 Å². The van der Waals surface area contributed by atoms with Crippen molar-refractivity contribution in [3.05, 3.63) is 102 Å². The van der Waals surface area contributed by atoms with Crippen molar-refractivity contribution in [2.75, 3.05) is 6.54 Å². The van der Waals surface area contributed by atoms with Gasteiger partial charge in [0, 0.05) is 24.5 Å². The highest BCUT2D eigenvalue weighted by molar-refractivity contribution is 5.77. The van der Waals surface area contributed by atoms with Gasteiger partial charge in [0.15, 0.2) is 5.76 Å². The van der Waals surface area contributed by atoms with Gasteiger partial charge < -0.3 is 13.9 Å². The van der Waals surface area contributed by atoms with E-state index in [4.69, 9.17) is 18.9 Å². The summed E-state index contributed by atoms with van der Waals surface area (Å²) in [5.41, 5.74) is 3.35. The number of ether oxygens (including phenoxy) is 2. The van der Waals surface area contributed by atoms with Gasteiger partial charge in [0.1, 0.15) is 24.4 Å². The first-order valence-corrected chi connectivity index (χ1v) is 11.8. The molecule has 5 rings (SSSR count). The molecule has 0 radical (unpaired) electrons.